The van der Waals surface area contributed by atoms with E-state index >= 15 is 0 Å². The van der Waals surface area contributed by atoms with Gasteiger partial charge in [0.1, 0.15) is 0 Å². The van der Waals surface area contributed by atoms with Gasteiger partial charge in [0, 0.05) is 110 Å². The molecule has 0 amide bonds. The van der Waals surface area contributed by atoms with E-state index in [9.17, 15) is 0 Å². The maximum Gasteiger partial charge on any atom is 0.0601 e. The maximum atomic E-state index is 3.51. The van der Waals surface area contributed by atoms with Crippen molar-refractivity contribution in [3.05, 3.63) is 247 Å². The summed E-state index contributed by atoms with van der Waals surface area (Å²) in [5, 5.41) is 7.98. The summed E-state index contributed by atoms with van der Waals surface area (Å²) in [6, 6.07) is 82.7. The number of aromatic amines is 1. The highest BCUT2D eigenvalue weighted by Gasteiger charge is 2.26. The third-order valence-corrected chi connectivity index (χ3v) is 18.6. The number of fused-ring (bicyclic) bond motifs is 12. The minimum atomic E-state index is 1.10. The first kappa shape index (κ1) is 44.2. The van der Waals surface area contributed by atoms with Gasteiger partial charge in [-0.1, -0.05) is 124 Å². The zero-order valence-electron chi connectivity index (χ0n) is 38.9. The second-order valence-corrected chi connectivity index (χ2v) is 23.2. The van der Waals surface area contributed by atoms with Crippen LogP contribution < -0.4 is 9.80 Å². The number of benzene rings is 10. The molecular weight excluding hydrogens is 1030 g/mol. The fourth-order valence-electron chi connectivity index (χ4n) is 10.2. The second-order valence-electron chi connectivity index (χ2n) is 17.9. The lowest BCUT2D eigenvalue weighted by Crippen LogP contribution is -2.14. The van der Waals surface area contributed by atoms with E-state index < -0.39 is 0 Å². The molecule has 73 heavy (non-hydrogen) atoms. The van der Waals surface area contributed by atoms with Crippen molar-refractivity contribution in [1.82, 2.24) is 9.55 Å². The Morgan fingerprint density at radius 3 is 1.33 bits per heavy atom. The predicted molar refractivity (Wildman–Crippen MR) is 319 cm³/mol. The number of hydrogen-bond donors (Lipinski definition) is 1. The molecule has 0 saturated heterocycles. The van der Waals surface area contributed by atoms with Crippen LogP contribution in [0.5, 0.6) is 0 Å². The van der Waals surface area contributed by atoms with E-state index in [1.807, 2.05) is 52.4 Å². The molecular formula is C64H41BrN4S4. The van der Waals surface area contributed by atoms with Crippen LogP contribution in [0.3, 0.4) is 0 Å². The van der Waals surface area contributed by atoms with Crippen LogP contribution in [-0.4, -0.2) is 9.55 Å². The van der Waals surface area contributed by atoms with E-state index in [0.717, 1.165) is 4.47 Å². The van der Waals surface area contributed by atoms with Crippen molar-refractivity contribution in [1.29, 1.82) is 0 Å². The molecule has 0 radical (unpaired) electrons. The number of halogens is 1. The highest BCUT2D eigenvalue weighted by Crippen LogP contribution is 2.53. The number of H-pyrrole nitrogens is 1. The smallest absolute Gasteiger partial charge is 0.0601 e. The van der Waals surface area contributed by atoms with Crippen molar-refractivity contribution in [3.63, 3.8) is 0 Å². The zero-order chi connectivity index (χ0) is 48.4. The maximum absolute atomic E-state index is 3.51. The monoisotopic (exact) mass is 1070 g/mol. The molecule has 0 atom stereocenters. The lowest BCUT2D eigenvalue weighted by molar-refractivity contribution is 1.12. The van der Waals surface area contributed by atoms with Gasteiger partial charge in [0.2, 0.25) is 0 Å². The van der Waals surface area contributed by atoms with Gasteiger partial charge in [0.25, 0.3) is 0 Å². The lowest BCUT2D eigenvalue weighted by Gasteiger charge is -2.32. The van der Waals surface area contributed by atoms with Gasteiger partial charge >= 0.3 is 0 Å². The van der Waals surface area contributed by atoms with Gasteiger partial charge in [-0.15, -0.1) is 22.7 Å². The first-order valence-corrected chi connectivity index (χ1v) is 28.1. The molecule has 4 nitrogen and oxygen atoms in total. The van der Waals surface area contributed by atoms with Crippen LogP contribution in [0, 0.1) is 0 Å². The summed E-state index contributed by atoms with van der Waals surface area (Å²) >= 11 is 10.9. The first-order chi connectivity index (χ1) is 36.1. The largest absolute Gasteiger partial charge is 0.361 e. The van der Waals surface area contributed by atoms with Gasteiger partial charge < -0.3 is 19.4 Å². The molecule has 0 unspecified atom stereocenters. The number of aromatic nitrogens is 2. The number of para-hydroxylation sites is 4. The number of hydrogen-bond acceptors (Lipinski definition) is 6. The van der Waals surface area contributed by atoms with Crippen molar-refractivity contribution < 1.29 is 0 Å². The molecule has 0 fully saturated rings. The Labute approximate surface area is 446 Å². The fraction of sp³-hybridized carbons (Fsp3) is 0. The van der Waals surface area contributed by atoms with Gasteiger partial charge in [-0.05, 0) is 146 Å². The van der Waals surface area contributed by atoms with Crippen LogP contribution >= 0.6 is 62.1 Å². The molecule has 2 aliphatic heterocycles. The fourth-order valence-corrected chi connectivity index (χ4v) is 14.8. The van der Waals surface area contributed by atoms with Gasteiger partial charge in [-0.25, -0.2) is 0 Å². The summed E-state index contributed by atoms with van der Waals surface area (Å²) in [7, 11) is 0. The van der Waals surface area contributed by atoms with Gasteiger partial charge in [0.05, 0.1) is 28.3 Å². The topological polar surface area (TPSA) is 27.2 Å². The van der Waals surface area contributed by atoms with Gasteiger partial charge in [-0.3, -0.25) is 0 Å². The Kier molecular flexibility index (Phi) is 11.2. The van der Waals surface area contributed by atoms with E-state index in [2.05, 4.69) is 272 Å². The average molecular weight is 1070 g/mol. The number of thiophene rings is 2. The zero-order valence-corrected chi connectivity index (χ0v) is 43.8. The normalized spacial score (nSPS) is 12.6. The summed E-state index contributed by atoms with van der Waals surface area (Å²) < 4.78 is 8.80. The average Bonchev–Trinajstić information content (AvgIpc) is 4.26. The Bertz CT molecular complexity index is 4290. The van der Waals surface area contributed by atoms with Crippen molar-refractivity contribution in [3.8, 4) is 5.69 Å². The standard InChI is InChI=1S/C32H20N2S2.C18H12BrNS.C14H9NS/c1-4-10-29-24(7-1)25-19-21-17-18-33(28(21)20-32(25)35-29)22-13-15-23(16-14-22)34-26-8-2-5-11-30(26)36-31-12-6-3-9-27(31)34;19-13-9-11-14(12-10-13)20-15-5-1-3-7-17(15)21-18-8-4-2-6-16(18)20;1-2-4-13-10(3-1)11-7-9-5-6-15-12(9)8-14(11)16-13/h1-20H;1-12H;1-8,15H. The molecule has 6 heterocycles. The molecule has 14 aromatic rings. The second kappa shape index (κ2) is 18.5. The van der Waals surface area contributed by atoms with Crippen molar-refractivity contribution in [2.24, 2.45) is 0 Å². The molecule has 0 spiro atoms. The van der Waals surface area contributed by atoms with Crippen molar-refractivity contribution in [2.75, 3.05) is 9.80 Å². The molecule has 10 aromatic carbocycles. The molecule has 2 aliphatic rings. The lowest BCUT2D eigenvalue weighted by atomic mass is 10.1. The van der Waals surface area contributed by atoms with E-state index in [0.29, 0.717) is 0 Å². The summed E-state index contributed by atoms with van der Waals surface area (Å²) in [5.74, 6) is 0. The summed E-state index contributed by atoms with van der Waals surface area (Å²) in [4.78, 5) is 13.1. The van der Waals surface area contributed by atoms with E-state index in [1.54, 1.807) is 0 Å². The number of anilines is 6. The summed E-state index contributed by atoms with van der Waals surface area (Å²) in [6.07, 6.45) is 4.18. The van der Waals surface area contributed by atoms with E-state index in [1.165, 1.54) is 122 Å². The highest BCUT2D eigenvalue weighted by atomic mass is 79.9. The molecule has 0 aliphatic carbocycles. The molecule has 4 aromatic heterocycles. The van der Waals surface area contributed by atoms with Crippen LogP contribution in [0.25, 0.3) is 67.8 Å². The predicted octanol–water partition coefficient (Wildman–Crippen LogP) is 20.9. The molecule has 9 heteroatoms. The third kappa shape index (κ3) is 8.00. The molecule has 0 bridgehead atoms. The van der Waals surface area contributed by atoms with Crippen LogP contribution in [-0.2, 0) is 0 Å². The highest BCUT2D eigenvalue weighted by molar-refractivity contribution is 9.10. The molecule has 16 rings (SSSR count). The van der Waals surface area contributed by atoms with Crippen LogP contribution in [0.2, 0.25) is 0 Å². The molecule has 0 saturated carbocycles. The quantitative estimate of drug-likeness (QED) is 0.191. The Morgan fingerprint density at radius 1 is 0.356 bits per heavy atom. The SMILES string of the molecule is Brc1ccc(N2c3ccccc3Sc3ccccc32)cc1.c1ccc2c(c1)Sc1ccccc1N2c1ccc(-n2ccc3cc4c(cc32)sc2ccccc24)cc1.c1ccc2c(c1)sc1cc3[nH]ccc3cc12. The van der Waals surface area contributed by atoms with E-state index in [-0.39, 0.29) is 0 Å². The summed E-state index contributed by atoms with van der Waals surface area (Å²) in [5.41, 5.74) is 10.9. The number of rotatable bonds is 3. The minimum absolute atomic E-state index is 1.10. The number of nitrogens with one attached hydrogen (secondary N) is 1. The third-order valence-electron chi connectivity index (χ3n) is 13.6. The minimum Gasteiger partial charge on any atom is -0.361 e. The molecule has 1 N–H and O–H groups in total. The Balaban J connectivity index is 0.000000112. The Morgan fingerprint density at radius 2 is 0.795 bits per heavy atom. The van der Waals surface area contributed by atoms with Crippen LogP contribution in [0.1, 0.15) is 0 Å². The first-order valence-electron chi connectivity index (χ1n) is 24.1. The van der Waals surface area contributed by atoms with Gasteiger partial charge in [-0.2, -0.15) is 0 Å². The van der Waals surface area contributed by atoms with E-state index in [4.69, 9.17) is 0 Å². The Hall–Kier alpha value is -7.50. The summed E-state index contributed by atoms with van der Waals surface area (Å²) in [6.45, 7) is 0. The van der Waals surface area contributed by atoms with Crippen molar-refractivity contribution >= 4 is 158 Å². The van der Waals surface area contributed by atoms with Gasteiger partial charge in [0.15, 0.2) is 0 Å². The molecule has 348 valence electrons. The number of nitrogens with zero attached hydrogens (tertiary/aromatic N) is 3. The van der Waals surface area contributed by atoms with Crippen LogP contribution in [0.15, 0.2) is 267 Å². The van der Waals surface area contributed by atoms with Crippen LogP contribution in [0.4, 0.5) is 34.1 Å². The van der Waals surface area contributed by atoms with Crippen molar-refractivity contribution in [2.45, 2.75) is 19.6 Å².